The van der Waals surface area contributed by atoms with Gasteiger partial charge in [0.2, 0.25) is 0 Å². The van der Waals surface area contributed by atoms with E-state index < -0.39 is 29.3 Å². The Balaban J connectivity index is 2.82. The highest BCUT2D eigenvalue weighted by molar-refractivity contribution is 9.11. The molecule has 6 heteroatoms. The van der Waals surface area contributed by atoms with Crippen LogP contribution in [0.4, 0.5) is 4.79 Å². The van der Waals surface area contributed by atoms with E-state index in [0.717, 1.165) is 4.48 Å². The average molecular weight is 348 g/mol. The number of halogens is 1. The van der Waals surface area contributed by atoms with Gasteiger partial charge in [0.05, 0.1) is 0 Å². The van der Waals surface area contributed by atoms with Crippen molar-refractivity contribution in [2.24, 2.45) is 0 Å². The summed E-state index contributed by atoms with van der Waals surface area (Å²) in [5, 5.41) is 0. The zero-order valence-corrected chi connectivity index (χ0v) is 14.4. The number of hydrogen-bond donors (Lipinski definition) is 0. The van der Waals surface area contributed by atoms with E-state index in [1.54, 1.807) is 47.7 Å². The molecule has 0 aromatic heterocycles. The smallest absolute Gasteiger partial charge is 0.415 e. The summed E-state index contributed by atoms with van der Waals surface area (Å²) >= 11 is 3.32. The van der Waals surface area contributed by atoms with Gasteiger partial charge >= 0.3 is 12.1 Å². The van der Waals surface area contributed by atoms with E-state index in [-0.39, 0.29) is 0 Å². The van der Waals surface area contributed by atoms with Gasteiger partial charge in [0.1, 0.15) is 17.2 Å². The molecule has 0 aromatic carbocycles. The zero-order valence-electron chi connectivity index (χ0n) is 12.8. The molecule has 114 valence electrons. The van der Waals surface area contributed by atoms with Crippen molar-refractivity contribution in [2.75, 3.05) is 0 Å². The minimum Gasteiger partial charge on any atom is -0.458 e. The SMILES string of the molecule is CC(C)(C)OC(=O)[C@@H]1CC(Br)=CN1C(=O)OC(C)(C)C. The fourth-order valence-corrected chi connectivity index (χ4v) is 2.17. The minimum absolute atomic E-state index is 0.397. The van der Waals surface area contributed by atoms with Gasteiger partial charge in [-0.05, 0) is 41.5 Å². The minimum atomic E-state index is -0.682. The van der Waals surface area contributed by atoms with E-state index in [9.17, 15) is 9.59 Å². The van der Waals surface area contributed by atoms with Crippen LogP contribution in [0.25, 0.3) is 0 Å². The van der Waals surface area contributed by atoms with Crippen molar-refractivity contribution in [3.8, 4) is 0 Å². The molecule has 0 unspecified atom stereocenters. The van der Waals surface area contributed by atoms with Crippen LogP contribution >= 0.6 is 15.9 Å². The molecule has 0 saturated heterocycles. The molecular formula is C14H22BrNO4. The second-order valence-corrected chi connectivity index (χ2v) is 7.74. The van der Waals surface area contributed by atoms with Crippen molar-refractivity contribution in [2.45, 2.75) is 65.2 Å². The monoisotopic (exact) mass is 347 g/mol. The molecule has 0 spiro atoms. The summed E-state index contributed by atoms with van der Waals surface area (Å²) in [5.41, 5.74) is -1.20. The van der Waals surface area contributed by atoms with E-state index in [2.05, 4.69) is 15.9 Å². The summed E-state index contributed by atoms with van der Waals surface area (Å²) in [6.45, 7) is 10.7. The lowest BCUT2D eigenvalue weighted by Gasteiger charge is -2.29. The second kappa shape index (κ2) is 5.76. The molecule has 0 N–H and O–H groups in total. The highest BCUT2D eigenvalue weighted by Gasteiger charge is 2.38. The van der Waals surface area contributed by atoms with Crippen LogP contribution in [-0.2, 0) is 14.3 Å². The number of nitrogens with zero attached hydrogens (tertiary/aromatic N) is 1. The second-order valence-electron chi connectivity index (χ2n) is 6.72. The van der Waals surface area contributed by atoms with Crippen molar-refractivity contribution in [1.82, 2.24) is 4.90 Å². The Hall–Kier alpha value is -1.04. The Bertz CT molecular complexity index is 431. The first-order chi connectivity index (χ1) is 8.89. The maximum absolute atomic E-state index is 12.2. The summed E-state index contributed by atoms with van der Waals surface area (Å²) in [7, 11) is 0. The summed E-state index contributed by atoms with van der Waals surface area (Å²) in [6, 6.07) is -0.682. The molecule has 1 aliphatic rings. The Morgan fingerprint density at radius 2 is 1.65 bits per heavy atom. The molecule has 0 aromatic rings. The molecule has 0 aliphatic carbocycles. The summed E-state index contributed by atoms with van der Waals surface area (Å²) in [6.07, 6.45) is 1.42. The summed E-state index contributed by atoms with van der Waals surface area (Å²) in [5.74, 6) is -0.436. The van der Waals surface area contributed by atoms with E-state index >= 15 is 0 Å². The molecule has 1 aliphatic heterocycles. The van der Waals surface area contributed by atoms with Gasteiger partial charge in [-0.15, -0.1) is 0 Å². The van der Waals surface area contributed by atoms with Crippen LogP contribution in [0.2, 0.25) is 0 Å². The van der Waals surface area contributed by atoms with Crippen molar-refractivity contribution < 1.29 is 19.1 Å². The van der Waals surface area contributed by atoms with Crippen molar-refractivity contribution >= 4 is 28.0 Å². The van der Waals surface area contributed by atoms with Crippen LogP contribution in [0.15, 0.2) is 10.7 Å². The molecule has 1 heterocycles. The summed E-state index contributed by atoms with van der Waals surface area (Å²) < 4.78 is 11.4. The zero-order chi connectivity index (χ0) is 15.7. The topological polar surface area (TPSA) is 55.8 Å². The fraction of sp³-hybridized carbons (Fsp3) is 0.714. The quantitative estimate of drug-likeness (QED) is 0.680. The number of ether oxygens (including phenoxy) is 2. The lowest BCUT2D eigenvalue weighted by Crippen LogP contribution is -2.44. The van der Waals surface area contributed by atoms with Crippen LogP contribution in [0, 0.1) is 0 Å². The van der Waals surface area contributed by atoms with Crippen LogP contribution in [0.3, 0.4) is 0 Å². The largest absolute Gasteiger partial charge is 0.458 e. The number of hydrogen-bond acceptors (Lipinski definition) is 4. The maximum Gasteiger partial charge on any atom is 0.415 e. The Kier molecular flexibility index (Phi) is 4.90. The number of carbonyl (C=O) groups excluding carboxylic acids is 2. The highest BCUT2D eigenvalue weighted by atomic mass is 79.9. The van der Waals surface area contributed by atoms with Crippen molar-refractivity contribution in [3.63, 3.8) is 0 Å². The van der Waals surface area contributed by atoms with Gasteiger partial charge in [0.15, 0.2) is 0 Å². The Morgan fingerprint density at radius 1 is 1.15 bits per heavy atom. The number of amides is 1. The molecule has 5 nitrogen and oxygen atoms in total. The van der Waals surface area contributed by atoms with Crippen molar-refractivity contribution in [1.29, 1.82) is 0 Å². The van der Waals surface area contributed by atoms with Gasteiger partial charge in [-0.1, -0.05) is 15.9 Å². The van der Waals surface area contributed by atoms with Crippen LogP contribution in [-0.4, -0.2) is 34.2 Å². The third-order valence-corrected chi connectivity index (χ3v) is 2.81. The normalized spacial score (nSPS) is 19.6. The third kappa shape index (κ3) is 5.15. The predicted octanol–water partition coefficient (Wildman–Crippen LogP) is 3.57. The first-order valence-corrected chi connectivity index (χ1v) is 7.29. The van der Waals surface area contributed by atoms with E-state index in [4.69, 9.17) is 9.47 Å². The third-order valence-electron chi connectivity index (χ3n) is 2.29. The standard InChI is InChI=1S/C14H22BrNO4/c1-13(2,3)19-11(17)10-7-9(15)8-16(10)12(18)20-14(4,5)6/h8,10H,7H2,1-6H3/t10-/m0/s1. The van der Waals surface area contributed by atoms with Gasteiger partial charge in [0.25, 0.3) is 0 Å². The van der Waals surface area contributed by atoms with Crippen LogP contribution in [0.5, 0.6) is 0 Å². The van der Waals surface area contributed by atoms with Crippen LogP contribution < -0.4 is 0 Å². The molecular weight excluding hydrogens is 326 g/mol. The molecule has 0 radical (unpaired) electrons. The lowest BCUT2D eigenvalue weighted by atomic mass is 10.1. The molecule has 1 amide bonds. The number of esters is 1. The van der Waals surface area contributed by atoms with Gasteiger partial charge in [0, 0.05) is 17.1 Å². The number of rotatable bonds is 1. The highest BCUT2D eigenvalue weighted by Crippen LogP contribution is 2.29. The average Bonchev–Trinajstić information content (AvgIpc) is 2.55. The first-order valence-electron chi connectivity index (χ1n) is 6.49. The van der Waals surface area contributed by atoms with Gasteiger partial charge in [-0.3, -0.25) is 4.90 Å². The Morgan fingerprint density at radius 3 is 2.10 bits per heavy atom. The van der Waals surface area contributed by atoms with E-state index in [0.29, 0.717) is 6.42 Å². The molecule has 0 bridgehead atoms. The Labute approximate surface area is 128 Å². The maximum atomic E-state index is 12.2. The molecule has 20 heavy (non-hydrogen) atoms. The molecule has 0 saturated carbocycles. The van der Waals surface area contributed by atoms with E-state index in [1.807, 2.05) is 0 Å². The fourth-order valence-electron chi connectivity index (χ4n) is 1.64. The number of carbonyl (C=O) groups is 2. The van der Waals surface area contributed by atoms with Crippen molar-refractivity contribution in [3.05, 3.63) is 10.7 Å². The van der Waals surface area contributed by atoms with Gasteiger partial charge < -0.3 is 9.47 Å². The molecule has 1 rings (SSSR count). The first kappa shape index (κ1) is 17.0. The van der Waals surface area contributed by atoms with Gasteiger partial charge in [-0.25, -0.2) is 9.59 Å². The van der Waals surface area contributed by atoms with E-state index in [1.165, 1.54) is 4.90 Å². The summed E-state index contributed by atoms with van der Waals surface area (Å²) in [4.78, 5) is 25.6. The lowest BCUT2D eigenvalue weighted by molar-refractivity contribution is -0.159. The van der Waals surface area contributed by atoms with Crippen LogP contribution in [0.1, 0.15) is 48.0 Å². The molecule has 0 fully saturated rings. The predicted molar refractivity (Wildman–Crippen MR) is 79.3 cm³/mol. The molecule has 1 atom stereocenters. The van der Waals surface area contributed by atoms with Gasteiger partial charge in [-0.2, -0.15) is 0 Å².